The number of nitrogens with zero attached hydrogens (tertiary/aromatic N) is 5. The zero-order valence-electron chi connectivity index (χ0n) is 11.0. The summed E-state index contributed by atoms with van der Waals surface area (Å²) in [5.74, 6) is 1.81. The standard InChI is InChI=1S/C13H17N5O/c1-8-14-13(19-16-8)9-5-6-11-12(7-9)18(17-15-11)10-3-2-4-10/h9-10H,2-7H2,1H3. The van der Waals surface area contributed by atoms with Gasteiger partial charge in [0.25, 0.3) is 0 Å². The maximum Gasteiger partial charge on any atom is 0.230 e. The molecule has 2 heterocycles. The molecule has 0 aliphatic heterocycles. The number of fused-ring (bicyclic) bond motifs is 1. The molecule has 0 radical (unpaired) electrons. The molecule has 0 aromatic carbocycles. The minimum Gasteiger partial charge on any atom is -0.339 e. The number of hydrogen-bond acceptors (Lipinski definition) is 5. The lowest BCUT2D eigenvalue weighted by Gasteiger charge is -2.28. The number of hydrogen-bond donors (Lipinski definition) is 0. The maximum absolute atomic E-state index is 5.32. The van der Waals surface area contributed by atoms with Gasteiger partial charge in [0, 0.05) is 12.3 Å². The van der Waals surface area contributed by atoms with Crippen molar-refractivity contribution in [1.29, 1.82) is 0 Å². The van der Waals surface area contributed by atoms with Crippen LogP contribution in [0.4, 0.5) is 0 Å². The first kappa shape index (κ1) is 11.1. The fourth-order valence-corrected chi connectivity index (χ4v) is 3.01. The number of rotatable bonds is 2. The molecule has 1 saturated carbocycles. The van der Waals surface area contributed by atoms with Crippen LogP contribution in [0.15, 0.2) is 4.52 Å². The molecule has 1 unspecified atom stereocenters. The van der Waals surface area contributed by atoms with Crippen molar-refractivity contribution in [3.8, 4) is 0 Å². The molecule has 6 heteroatoms. The molecule has 4 rings (SSSR count). The average molecular weight is 259 g/mol. The Morgan fingerprint density at radius 1 is 1.26 bits per heavy atom. The minimum atomic E-state index is 0.325. The Labute approximate surface area is 111 Å². The van der Waals surface area contributed by atoms with Gasteiger partial charge >= 0.3 is 0 Å². The summed E-state index contributed by atoms with van der Waals surface area (Å²) >= 11 is 0. The minimum absolute atomic E-state index is 0.325. The predicted octanol–water partition coefficient (Wildman–Crippen LogP) is 1.97. The van der Waals surface area contributed by atoms with Crippen LogP contribution in [-0.2, 0) is 12.8 Å². The van der Waals surface area contributed by atoms with Crippen molar-refractivity contribution < 1.29 is 4.52 Å². The molecule has 2 aromatic heterocycles. The van der Waals surface area contributed by atoms with Gasteiger partial charge in [0.05, 0.1) is 17.4 Å². The Hall–Kier alpha value is -1.72. The van der Waals surface area contributed by atoms with E-state index in [1.165, 1.54) is 30.7 Å². The second-order valence-electron chi connectivity index (χ2n) is 5.63. The highest BCUT2D eigenvalue weighted by molar-refractivity contribution is 5.19. The fraction of sp³-hybridized carbons (Fsp3) is 0.692. The van der Waals surface area contributed by atoms with E-state index in [0.717, 1.165) is 25.2 Å². The summed E-state index contributed by atoms with van der Waals surface area (Å²) in [5, 5.41) is 12.6. The van der Waals surface area contributed by atoms with Crippen LogP contribution in [0.3, 0.4) is 0 Å². The van der Waals surface area contributed by atoms with E-state index in [1.807, 2.05) is 6.92 Å². The maximum atomic E-state index is 5.32. The molecule has 2 aliphatic carbocycles. The van der Waals surface area contributed by atoms with E-state index < -0.39 is 0 Å². The molecule has 0 amide bonds. The zero-order valence-corrected chi connectivity index (χ0v) is 11.0. The molecule has 6 nitrogen and oxygen atoms in total. The normalized spacial score (nSPS) is 23.1. The topological polar surface area (TPSA) is 69.6 Å². The Morgan fingerprint density at radius 3 is 2.84 bits per heavy atom. The summed E-state index contributed by atoms with van der Waals surface area (Å²) in [6.45, 7) is 1.86. The van der Waals surface area contributed by atoms with Crippen molar-refractivity contribution in [2.45, 2.75) is 57.4 Å². The summed E-state index contributed by atoms with van der Waals surface area (Å²) < 4.78 is 7.47. The molecule has 2 aromatic rings. The molecule has 2 aliphatic rings. The summed E-state index contributed by atoms with van der Waals surface area (Å²) in [4.78, 5) is 4.37. The molecule has 0 bridgehead atoms. The number of aryl methyl sites for hydroxylation is 2. The average Bonchev–Trinajstić information content (AvgIpc) is 2.94. The molecule has 19 heavy (non-hydrogen) atoms. The smallest absolute Gasteiger partial charge is 0.230 e. The highest BCUT2D eigenvalue weighted by atomic mass is 16.5. The van der Waals surface area contributed by atoms with Crippen LogP contribution in [0.25, 0.3) is 0 Å². The molecular weight excluding hydrogens is 242 g/mol. The monoisotopic (exact) mass is 259 g/mol. The second-order valence-corrected chi connectivity index (χ2v) is 5.63. The summed E-state index contributed by atoms with van der Waals surface area (Å²) in [5.41, 5.74) is 2.45. The van der Waals surface area contributed by atoms with Gasteiger partial charge in [-0.15, -0.1) is 5.10 Å². The lowest BCUT2D eigenvalue weighted by molar-refractivity contribution is 0.271. The van der Waals surface area contributed by atoms with Gasteiger partial charge in [0.1, 0.15) is 0 Å². The van der Waals surface area contributed by atoms with Crippen molar-refractivity contribution in [1.82, 2.24) is 25.1 Å². The van der Waals surface area contributed by atoms with Gasteiger partial charge in [-0.05, 0) is 39.0 Å². The van der Waals surface area contributed by atoms with E-state index in [1.54, 1.807) is 0 Å². The van der Waals surface area contributed by atoms with Crippen molar-refractivity contribution in [2.75, 3.05) is 0 Å². The van der Waals surface area contributed by atoms with Gasteiger partial charge in [-0.3, -0.25) is 0 Å². The summed E-state index contributed by atoms with van der Waals surface area (Å²) in [6.07, 6.45) is 6.71. The quantitative estimate of drug-likeness (QED) is 0.824. The molecule has 1 fully saturated rings. The van der Waals surface area contributed by atoms with Gasteiger partial charge in [-0.2, -0.15) is 4.98 Å². The van der Waals surface area contributed by atoms with Crippen LogP contribution in [-0.4, -0.2) is 25.1 Å². The largest absolute Gasteiger partial charge is 0.339 e. The second kappa shape index (κ2) is 4.15. The lowest BCUT2D eigenvalue weighted by atomic mass is 9.87. The molecule has 0 spiro atoms. The lowest BCUT2D eigenvalue weighted by Crippen LogP contribution is -2.23. The van der Waals surface area contributed by atoms with Crippen molar-refractivity contribution >= 4 is 0 Å². The first-order valence-corrected chi connectivity index (χ1v) is 7.04. The number of aromatic nitrogens is 5. The SMILES string of the molecule is Cc1noc(C2CCc3nnn(C4CCC4)c3C2)n1. The van der Waals surface area contributed by atoms with Crippen LogP contribution < -0.4 is 0 Å². The Balaban J connectivity index is 1.63. The van der Waals surface area contributed by atoms with Gasteiger partial charge in [-0.25, -0.2) is 4.68 Å². The Bertz CT molecular complexity index is 598. The Kier molecular flexibility index (Phi) is 2.43. The van der Waals surface area contributed by atoms with Crippen LogP contribution in [0.1, 0.15) is 60.7 Å². The molecule has 100 valence electrons. The van der Waals surface area contributed by atoms with Crippen molar-refractivity contribution in [2.24, 2.45) is 0 Å². The van der Waals surface area contributed by atoms with Crippen LogP contribution in [0, 0.1) is 6.92 Å². The highest BCUT2D eigenvalue weighted by Gasteiger charge is 2.31. The van der Waals surface area contributed by atoms with E-state index >= 15 is 0 Å². The predicted molar refractivity (Wildman–Crippen MR) is 66.7 cm³/mol. The van der Waals surface area contributed by atoms with Crippen LogP contribution in [0.5, 0.6) is 0 Å². The summed E-state index contributed by atoms with van der Waals surface area (Å²) in [7, 11) is 0. The third-order valence-electron chi connectivity index (χ3n) is 4.35. The third-order valence-corrected chi connectivity index (χ3v) is 4.35. The zero-order chi connectivity index (χ0) is 12.8. The van der Waals surface area contributed by atoms with Gasteiger partial charge in [0.15, 0.2) is 5.82 Å². The van der Waals surface area contributed by atoms with Gasteiger partial charge < -0.3 is 4.52 Å². The van der Waals surface area contributed by atoms with E-state index in [2.05, 4.69) is 25.1 Å². The first-order chi connectivity index (χ1) is 9.31. The fourth-order valence-electron chi connectivity index (χ4n) is 3.01. The Morgan fingerprint density at radius 2 is 2.16 bits per heavy atom. The molecular formula is C13H17N5O. The molecule has 1 atom stereocenters. The van der Waals surface area contributed by atoms with Gasteiger partial charge in [0.2, 0.25) is 5.89 Å². The van der Waals surface area contributed by atoms with E-state index in [4.69, 9.17) is 4.52 Å². The van der Waals surface area contributed by atoms with E-state index in [0.29, 0.717) is 17.8 Å². The van der Waals surface area contributed by atoms with Crippen molar-refractivity contribution in [3.63, 3.8) is 0 Å². The van der Waals surface area contributed by atoms with Gasteiger partial charge in [-0.1, -0.05) is 10.4 Å². The van der Waals surface area contributed by atoms with Crippen LogP contribution >= 0.6 is 0 Å². The molecule has 0 N–H and O–H groups in total. The van der Waals surface area contributed by atoms with E-state index in [-0.39, 0.29) is 0 Å². The van der Waals surface area contributed by atoms with Crippen LogP contribution in [0.2, 0.25) is 0 Å². The van der Waals surface area contributed by atoms with E-state index in [9.17, 15) is 0 Å². The first-order valence-electron chi connectivity index (χ1n) is 7.04. The van der Waals surface area contributed by atoms with Crippen molar-refractivity contribution in [3.05, 3.63) is 23.1 Å². The molecule has 0 saturated heterocycles. The summed E-state index contributed by atoms with van der Waals surface area (Å²) in [6, 6.07) is 0.569. The highest BCUT2D eigenvalue weighted by Crippen LogP contribution is 2.36. The third kappa shape index (κ3) is 1.77.